The van der Waals surface area contributed by atoms with Crippen LogP contribution in [0.1, 0.15) is 69.2 Å². The number of benzene rings is 5. The standard InChI is InChI=1S/C35H24O4/c1-23-22-28(32(36)24-14-6-2-7-15-24)30(34(38)26-18-10-4-11-19-26)31(35(39)27-20-12-5-13-21-27)29(23)33(37)25-16-8-3-9-17-25/h2-22H,1H3. The summed E-state index contributed by atoms with van der Waals surface area (Å²) in [6.45, 7) is 1.69. The molecule has 0 aliphatic rings. The van der Waals surface area contributed by atoms with E-state index in [9.17, 15) is 19.2 Å². The average molecular weight is 509 g/mol. The molecule has 0 aromatic heterocycles. The van der Waals surface area contributed by atoms with Crippen LogP contribution in [0.4, 0.5) is 0 Å². The van der Waals surface area contributed by atoms with E-state index in [2.05, 4.69) is 0 Å². The molecule has 5 aromatic carbocycles. The van der Waals surface area contributed by atoms with Crippen molar-refractivity contribution in [2.45, 2.75) is 6.92 Å². The quantitative estimate of drug-likeness (QED) is 0.213. The molecule has 0 unspecified atom stereocenters. The predicted molar refractivity (Wildman–Crippen MR) is 151 cm³/mol. The number of hydrogen-bond acceptors (Lipinski definition) is 4. The Morgan fingerprint density at radius 1 is 0.385 bits per heavy atom. The number of aryl methyl sites for hydroxylation is 1. The highest BCUT2D eigenvalue weighted by Gasteiger charge is 2.33. The lowest BCUT2D eigenvalue weighted by Crippen LogP contribution is -2.23. The van der Waals surface area contributed by atoms with E-state index in [4.69, 9.17) is 0 Å². The Hall–Kier alpha value is -5.22. The molecule has 0 bridgehead atoms. The van der Waals surface area contributed by atoms with Gasteiger partial charge in [0.1, 0.15) is 0 Å². The molecule has 0 saturated carbocycles. The van der Waals surface area contributed by atoms with Crippen LogP contribution in [0, 0.1) is 6.92 Å². The molecule has 0 atom stereocenters. The first kappa shape index (κ1) is 25.4. The second-order valence-electron chi connectivity index (χ2n) is 9.15. The van der Waals surface area contributed by atoms with Crippen LogP contribution < -0.4 is 0 Å². The summed E-state index contributed by atoms with van der Waals surface area (Å²) in [7, 11) is 0. The SMILES string of the molecule is Cc1cc(C(=O)c2ccccc2)c(C(=O)c2ccccc2)c(C(=O)c2ccccc2)c1C(=O)c1ccccc1. The van der Waals surface area contributed by atoms with Gasteiger partial charge in [0.2, 0.25) is 0 Å². The third-order valence-corrected chi connectivity index (χ3v) is 6.59. The van der Waals surface area contributed by atoms with Gasteiger partial charge in [-0.1, -0.05) is 121 Å². The van der Waals surface area contributed by atoms with Crippen molar-refractivity contribution < 1.29 is 19.2 Å². The number of hydrogen-bond donors (Lipinski definition) is 0. The Kier molecular flexibility index (Phi) is 7.19. The normalized spacial score (nSPS) is 10.6. The molecule has 0 heterocycles. The maximum absolute atomic E-state index is 14.2. The van der Waals surface area contributed by atoms with Gasteiger partial charge in [-0.15, -0.1) is 0 Å². The van der Waals surface area contributed by atoms with Gasteiger partial charge in [-0.2, -0.15) is 0 Å². The first-order valence-electron chi connectivity index (χ1n) is 12.5. The highest BCUT2D eigenvalue weighted by atomic mass is 16.1. The Labute approximate surface area is 226 Å². The maximum atomic E-state index is 14.2. The molecule has 4 heteroatoms. The molecule has 5 rings (SSSR count). The minimum Gasteiger partial charge on any atom is -0.289 e. The highest BCUT2D eigenvalue weighted by Crippen LogP contribution is 2.31. The molecule has 0 spiro atoms. The summed E-state index contributed by atoms with van der Waals surface area (Å²) < 4.78 is 0. The number of ketones is 4. The van der Waals surface area contributed by atoms with E-state index in [-0.39, 0.29) is 22.3 Å². The van der Waals surface area contributed by atoms with Crippen LogP contribution in [0.3, 0.4) is 0 Å². The molecule has 0 saturated heterocycles. The fraction of sp³-hybridized carbons (Fsp3) is 0.0286. The third-order valence-electron chi connectivity index (χ3n) is 6.59. The Morgan fingerprint density at radius 2 is 0.692 bits per heavy atom. The summed E-state index contributed by atoms with van der Waals surface area (Å²) in [5.74, 6) is -1.80. The summed E-state index contributed by atoms with van der Waals surface area (Å²) >= 11 is 0. The predicted octanol–water partition coefficient (Wildman–Crippen LogP) is 6.92. The van der Waals surface area contributed by atoms with E-state index in [0.29, 0.717) is 27.8 Å². The van der Waals surface area contributed by atoms with Gasteiger partial charge >= 0.3 is 0 Å². The van der Waals surface area contributed by atoms with Crippen LogP contribution in [0.15, 0.2) is 127 Å². The van der Waals surface area contributed by atoms with Gasteiger partial charge < -0.3 is 0 Å². The molecule has 0 N–H and O–H groups in total. The molecule has 5 aromatic rings. The van der Waals surface area contributed by atoms with Gasteiger partial charge in [-0.05, 0) is 18.6 Å². The van der Waals surface area contributed by atoms with E-state index in [0.717, 1.165) is 0 Å². The maximum Gasteiger partial charge on any atom is 0.194 e. The minimum absolute atomic E-state index is 0.0665. The Balaban J connectivity index is 1.88. The zero-order valence-electron chi connectivity index (χ0n) is 21.3. The molecule has 0 aliphatic heterocycles. The van der Waals surface area contributed by atoms with E-state index < -0.39 is 23.1 Å². The van der Waals surface area contributed by atoms with Crippen molar-refractivity contribution in [2.75, 3.05) is 0 Å². The molecule has 0 radical (unpaired) electrons. The van der Waals surface area contributed by atoms with E-state index in [1.165, 1.54) is 0 Å². The van der Waals surface area contributed by atoms with Crippen molar-refractivity contribution >= 4 is 23.1 Å². The van der Waals surface area contributed by atoms with Crippen molar-refractivity contribution in [3.8, 4) is 0 Å². The topological polar surface area (TPSA) is 68.3 Å². The molecular formula is C35H24O4. The summed E-state index contributed by atoms with van der Waals surface area (Å²) in [5.41, 5.74) is 1.86. The second kappa shape index (κ2) is 11.0. The monoisotopic (exact) mass is 508 g/mol. The molecule has 4 nitrogen and oxygen atoms in total. The fourth-order valence-electron chi connectivity index (χ4n) is 4.70. The zero-order chi connectivity index (χ0) is 27.4. The van der Waals surface area contributed by atoms with Crippen molar-refractivity contribution in [1.82, 2.24) is 0 Å². The molecule has 39 heavy (non-hydrogen) atoms. The van der Waals surface area contributed by atoms with Gasteiger partial charge in [0.15, 0.2) is 23.1 Å². The molecule has 0 fully saturated rings. The van der Waals surface area contributed by atoms with Gasteiger partial charge in [0.05, 0.1) is 0 Å². The van der Waals surface area contributed by atoms with Gasteiger partial charge in [-0.3, -0.25) is 19.2 Å². The Morgan fingerprint density at radius 3 is 1.08 bits per heavy atom. The van der Waals surface area contributed by atoms with Crippen molar-refractivity contribution in [3.05, 3.63) is 177 Å². The minimum atomic E-state index is -0.503. The molecular weight excluding hydrogens is 484 g/mol. The number of carbonyl (C=O) groups is 4. The summed E-state index contributed by atoms with van der Waals surface area (Å²) in [5, 5.41) is 0. The fourth-order valence-corrected chi connectivity index (χ4v) is 4.70. The van der Waals surface area contributed by atoms with Gasteiger partial charge in [-0.25, -0.2) is 0 Å². The summed E-state index contributed by atoms with van der Waals surface area (Å²) in [4.78, 5) is 56.2. The molecule has 0 aliphatic carbocycles. The smallest absolute Gasteiger partial charge is 0.194 e. The summed E-state index contributed by atoms with van der Waals surface area (Å²) in [6, 6.07) is 35.7. The summed E-state index contributed by atoms with van der Waals surface area (Å²) in [6.07, 6.45) is 0. The van der Waals surface area contributed by atoms with Gasteiger partial charge in [0.25, 0.3) is 0 Å². The first-order valence-corrected chi connectivity index (χ1v) is 12.5. The lowest BCUT2D eigenvalue weighted by atomic mass is 9.80. The average Bonchev–Trinajstić information content (AvgIpc) is 3.01. The van der Waals surface area contributed by atoms with Crippen molar-refractivity contribution in [3.63, 3.8) is 0 Å². The second-order valence-corrected chi connectivity index (χ2v) is 9.15. The third kappa shape index (κ3) is 5.00. The first-order chi connectivity index (χ1) is 19.0. The number of rotatable bonds is 8. The number of carbonyl (C=O) groups excluding carboxylic acids is 4. The Bertz CT molecular complexity index is 1690. The lowest BCUT2D eigenvalue weighted by Gasteiger charge is -2.19. The van der Waals surface area contributed by atoms with Crippen LogP contribution in [0.25, 0.3) is 0 Å². The van der Waals surface area contributed by atoms with E-state index >= 15 is 0 Å². The van der Waals surface area contributed by atoms with Crippen LogP contribution in [-0.4, -0.2) is 23.1 Å². The van der Waals surface area contributed by atoms with Crippen molar-refractivity contribution in [1.29, 1.82) is 0 Å². The van der Waals surface area contributed by atoms with Gasteiger partial charge in [0, 0.05) is 44.5 Å². The van der Waals surface area contributed by atoms with E-state index in [1.54, 1.807) is 134 Å². The van der Waals surface area contributed by atoms with Crippen LogP contribution >= 0.6 is 0 Å². The van der Waals surface area contributed by atoms with Crippen molar-refractivity contribution in [2.24, 2.45) is 0 Å². The van der Waals surface area contributed by atoms with Crippen LogP contribution in [-0.2, 0) is 0 Å². The lowest BCUT2D eigenvalue weighted by molar-refractivity contribution is 0.0981. The molecule has 0 amide bonds. The highest BCUT2D eigenvalue weighted by molar-refractivity contribution is 6.29. The molecule has 188 valence electrons. The zero-order valence-corrected chi connectivity index (χ0v) is 21.3. The largest absolute Gasteiger partial charge is 0.289 e. The van der Waals surface area contributed by atoms with Crippen LogP contribution in [0.5, 0.6) is 0 Å². The van der Waals surface area contributed by atoms with Crippen LogP contribution in [0.2, 0.25) is 0 Å². The van der Waals surface area contributed by atoms with E-state index in [1.807, 2.05) is 0 Å².